The molecule has 5 heteroatoms. The third-order valence-corrected chi connectivity index (χ3v) is 6.04. The van der Waals surface area contributed by atoms with Gasteiger partial charge in [0.05, 0.1) is 19.7 Å². The van der Waals surface area contributed by atoms with Crippen LogP contribution in [0.15, 0.2) is 24.3 Å². The van der Waals surface area contributed by atoms with Crippen LogP contribution in [0.3, 0.4) is 0 Å². The van der Waals surface area contributed by atoms with Gasteiger partial charge in [-0.3, -0.25) is 9.69 Å². The number of rotatable bonds is 11. The topological polar surface area (TPSA) is 44.8 Å². The lowest BCUT2D eigenvalue weighted by Crippen LogP contribution is -2.42. The van der Waals surface area contributed by atoms with Crippen molar-refractivity contribution in [2.45, 2.75) is 52.5 Å². The number of hydrogen-bond donors (Lipinski definition) is 1. The summed E-state index contributed by atoms with van der Waals surface area (Å²) < 4.78 is 5.41. The van der Waals surface area contributed by atoms with Gasteiger partial charge in [0.2, 0.25) is 5.91 Å². The second kappa shape index (κ2) is 12.1. The molecule has 158 valence electrons. The van der Waals surface area contributed by atoms with E-state index >= 15 is 0 Å². The molecule has 1 aromatic rings. The fraction of sp³-hybridized carbons (Fsp3) is 0.696. The van der Waals surface area contributed by atoms with Crippen molar-refractivity contribution in [1.82, 2.24) is 15.1 Å². The summed E-state index contributed by atoms with van der Waals surface area (Å²) in [7, 11) is 1.67. The van der Waals surface area contributed by atoms with Gasteiger partial charge >= 0.3 is 0 Å². The molecule has 0 aromatic heterocycles. The van der Waals surface area contributed by atoms with Gasteiger partial charge in [-0.25, -0.2) is 0 Å². The summed E-state index contributed by atoms with van der Waals surface area (Å²) in [4.78, 5) is 17.3. The Labute approximate surface area is 171 Å². The van der Waals surface area contributed by atoms with Crippen molar-refractivity contribution < 1.29 is 9.53 Å². The van der Waals surface area contributed by atoms with Crippen molar-refractivity contribution in [1.29, 1.82) is 0 Å². The van der Waals surface area contributed by atoms with E-state index < -0.39 is 0 Å². The maximum atomic E-state index is 12.5. The molecule has 5 nitrogen and oxygen atoms in total. The van der Waals surface area contributed by atoms with Crippen LogP contribution in [0.1, 0.15) is 58.1 Å². The minimum absolute atomic E-state index is 0.0544. The Morgan fingerprint density at radius 1 is 1.25 bits per heavy atom. The van der Waals surface area contributed by atoms with Crippen molar-refractivity contribution >= 4 is 5.91 Å². The zero-order valence-corrected chi connectivity index (χ0v) is 18.2. The molecular formula is C23H39N3O2. The normalized spacial score (nSPS) is 16.9. The summed E-state index contributed by atoms with van der Waals surface area (Å²) in [5, 5.41) is 3.12. The molecule has 1 aromatic carbocycles. The Bertz CT molecular complexity index is 581. The van der Waals surface area contributed by atoms with Crippen LogP contribution in [-0.4, -0.2) is 62.1 Å². The number of nitrogens with zero attached hydrogens (tertiary/aromatic N) is 2. The smallest absolute Gasteiger partial charge is 0.234 e. The molecule has 0 aliphatic carbocycles. The second-order valence-corrected chi connectivity index (χ2v) is 7.92. The van der Waals surface area contributed by atoms with Crippen molar-refractivity contribution in [3.8, 4) is 5.75 Å². The molecule has 0 unspecified atom stereocenters. The highest BCUT2D eigenvalue weighted by Crippen LogP contribution is 2.25. The van der Waals surface area contributed by atoms with E-state index in [1.165, 1.54) is 32.2 Å². The van der Waals surface area contributed by atoms with Crippen LogP contribution >= 0.6 is 0 Å². The van der Waals surface area contributed by atoms with Gasteiger partial charge in [0, 0.05) is 5.56 Å². The Morgan fingerprint density at radius 3 is 2.57 bits per heavy atom. The lowest BCUT2D eigenvalue weighted by atomic mass is 9.92. The summed E-state index contributed by atoms with van der Waals surface area (Å²) in [5.41, 5.74) is 1.02. The first-order valence-corrected chi connectivity index (χ1v) is 10.9. The first kappa shape index (κ1) is 22.7. The number of amides is 1. The predicted molar refractivity (Wildman–Crippen MR) is 116 cm³/mol. The third-order valence-electron chi connectivity index (χ3n) is 6.04. The number of para-hydroxylation sites is 1. The molecule has 1 fully saturated rings. The quantitative estimate of drug-likeness (QED) is 0.627. The highest BCUT2D eigenvalue weighted by Gasteiger charge is 2.22. The first-order chi connectivity index (χ1) is 13.6. The fourth-order valence-electron chi connectivity index (χ4n) is 4.17. The number of piperidine rings is 1. The fourth-order valence-corrected chi connectivity index (χ4v) is 4.17. The minimum Gasteiger partial charge on any atom is -0.496 e. The van der Waals surface area contributed by atoms with E-state index in [-0.39, 0.29) is 11.9 Å². The number of ether oxygens (including phenoxy) is 1. The van der Waals surface area contributed by atoms with E-state index in [0.29, 0.717) is 6.54 Å². The second-order valence-electron chi connectivity index (χ2n) is 7.92. The molecule has 2 rings (SSSR count). The average molecular weight is 390 g/mol. The van der Waals surface area contributed by atoms with Crippen LogP contribution in [0.5, 0.6) is 5.75 Å². The van der Waals surface area contributed by atoms with E-state index in [1.807, 2.05) is 31.2 Å². The van der Waals surface area contributed by atoms with Crippen molar-refractivity contribution in [3.05, 3.63) is 29.8 Å². The molecule has 0 bridgehead atoms. The van der Waals surface area contributed by atoms with E-state index in [9.17, 15) is 4.79 Å². The predicted octanol–water partition coefficient (Wildman–Crippen LogP) is 3.71. The largest absolute Gasteiger partial charge is 0.496 e. The number of hydrogen-bond acceptors (Lipinski definition) is 4. The highest BCUT2D eigenvalue weighted by atomic mass is 16.5. The summed E-state index contributed by atoms with van der Waals surface area (Å²) in [6.45, 7) is 12.6. The number of likely N-dealkylation sites (tertiary alicyclic amines) is 1. The van der Waals surface area contributed by atoms with Crippen LogP contribution in [0, 0.1) is 5.92 Å². The van der Waals surface area contributed by atoms with E-state index in [4.69, 9.17) is 4.74 Å². The highest BCUT2D eigenvalue weighted by molar-refractivity contribution is 5.78. The molecule has 0 saturated carbocycles. The Morgan fingerprint density at radius 2 is 1.93 bits per heavy atom. The molecule has 1 amide bonds. The average Bonchev–Trinajstić information content (AvgIpc) is 2.72. The number of carbonyl (C=O) groups is 1. The lowest BCUT2D eigenvalue weighted by molar-refractivity contribution is -0.123. The maximum Gasteiger partial charge on any atom is 0.234 e. The van der Waals surface area contributed by atoms with Crippen LogP contribution < -0.4 is 10.1 Å². The molecule has 0 radical (unpaired) electrons. The monoisotopic (exact) mass is 389 g/mol. The zero-order valence-electron chi connectivity index (χ0n) is 18.2. The van der Waals surface area contributed by atoms with Gasteiger partial charge in [-0.1, -0.05) is 32.0 Å². The van der Waals surface area contributed by atoms with Crippen molar-refractivity contribution in [2.75, 3.05) is 46.4 Å². The van der Waals surface area contributed by atoms with Gasteiger partial charge < -0.3 is 15.0 Å². The van der Waals surface area contributed by atoms with E-state index in [0.717, 1.165) is 43.4 Å². The number of carbonyl (C=O) groups excluding carboxylic acids is 1. The maximum absolute atomic E-state index is 12.5. The molecule has 1 atom stereocenters. The molecule has 1 aliphatic heterocycles. The number of benzene rings is 1. The van der Waals surface area contributed by atoms with Gasteiger partial charge in [-0.15, -0.1) is 0 Å². The standard InChI is InChI=1S/C23H39N3O2/c1-5-25(6-2)15-9-10-20-13-16-26(17-14-20)18-23(27)24-19(3)21-11-7-8-12-22(21)28-4/h7-8,11-12,19-20H,5-6,9-10,13-18H2,1-4H3,(H,24,27)/t19-/m1/s1. The molecule has 1 N–H and O–H groups in total. The third kappa shape index (κ3) is 7.10. The Balaban J connectivity index is 1.69. The summed E-state index contributed by atoms with van der Waals surface area (Å²) >= 11 is 0. The van der Waals surface area contributed by atoms with Gasteiger partial charge in [-0.2, -0.15) is 0 Å². The van der Waals surface area contributed by atoms with E-state index in [1.54, 1.807) is 7.11 Å². The van der Waals surface area contributed by atoms with Crippen LogP contribution in [0.25, 0.3) is 0 Å². The minimum atomic E-state index is -0.0544. The van der Waals surface area contributed by atoms with Gasteiger partial charge in [-0.05, 0) is 77.3 Å². The Hall–Kier alpha value is -1.59. The molecule has 1 aliphatic rings. The lowest BCUT2D eigenvalue weighted by Gasteiger charge is -2.32. The SMILES string of the molecule is CCN(CC)CCCC1CCN(CC(=O)N[C@H](C)c2ccccc2OC)CC1. The number of methoxy groups -OCH3 is 1. The molecular weight excluding hydrogens is 350 g/mol. The number of nitrogens with one attached hydrogen (secondary N) is 1. The van der Waals surface area contributed by atoms with Crippen molar-refractivity contribution in [3.63, 3.8) is 0 Å². The zero-order chi connectivity index (χ0) is 20.4. The van der Waals surface area contributed by atoms with Crippen LogP contribution in [0.2, 0.25) is 0 Å². The summed E-state index contributed by atoms with van der Waals surface area (Å²) in [6, 6.07) is 7.81. The van der Waals surface area contributed by atoms with Gasteiger partial charge in [0.1, 0.15) is 5.75 Å². The summed E-state index contributed by atoms with van der Waals surface area (Å²) in [5.74, 6) is 1.74. The first-order valence-electron chi connectivity index (χ1n) is 10.9. The molecule has 28 heavy (non-hydrogen) atoms. The van der Waals surface area contributed by atoms with Crippen molar-refractivity contribution in [2.24, 2.45) is 5.92 Å². The molecule has 1 heterocycles. The van der Waals surface area contributed by atoms with Crippen LogP contribution in [-0.2, 0) is 4.79 Å². The van der Waals surface area contributed by atoms with Crippen LogP contribution in [0.4, 0.5) is 0 Å². The van der Waals surface area contributed by atoms with Gasteiger partial charge in [0.15, 0.2) is 0 Å². The molecule has 1 saturated heterocycles. The van der Waals surface area contributed by atoms with E-state index in [2.05, 4.69) is 29.0 Å². The van der Waals surface area contributed by atoms with Gasteiger partial charge in [0.25, 0.3) is 0 Å². The summed E-state index contributed by atoms with van der Waals surface area (Å²) in [6.07, 6.45) is 5.05. The Kier molecular flexibility index (Phi) is 9.79. The molecule has 0 spiro atoms.